The van der Waals surface area contributed by atoms with Gasteiger partial charge in [-0.2, -0.15) is 0 Å². The van der Waals surface area contributed by atoms with Gasteiger partial charge in [-0.25, -0.2) is 0 Å². The van der Waals surface area contributed by atoms with Gasteiger partial charge in [0.25, 0.3) is 0 Å². The first-order valence-electron chi connectivity index (χ1n) is 5.27. The van der Waals surface area contributed by atoms with Crippen molar-refractivity contribution >= 4 is 8.80 Å². The zero-order chi connectivity index (χ0) is 10.9. The molecule has 0 heterocycles. The molecule has 0 saturated carbocycles. The lowest BCUT2D eigenvalue weighted by Gasteiger charge is -2.27. The molecule has 0 saturated heterocycles. The molecule has 0 aliphatic carbocycles. The average Bonchev–Trinajstić information content (AvgIpc) is 2.16. The van der Waals surface area contributed by atoms with Gasteiger partial charge in [0, 0.05) is 25.9 Å². The van der Waals surface area contributed by atoms with Crippen LogP contribution in [0.2, 0.25) is 6.04 Å². The van der Waals surface area contributed by atoms with Gasteiger partial charge in [0.15, 0.2) is 0 Å². The van der Waals surface area contributed by atoms with Gasteiger partial charge in [-0.1, -0.05) is 12.2 Å². The van der Waals surface area contributed by atoms with Crippen LogP contribution in [0.1, 0.15) is 27.7 Å². The summed E-state index contributed by atoms with van der Waals surface area (Å²) in [5.41, 5.74) is 0. The predicted molar refractivity (Wildman–Crippen MR) is 60.3 cm³/mol. The van der Waals surface area contributed by atoms with Crippen molar-refractivity contribution in [2.45, 2.75) is 33.7 Å². The SMILES string of the molecule is CC=CC[Si](OCC)(OCC)OCC. The van der Waals surface area contributed by atoms with Crippen molar-refractivity contribution in [2.75, 3.05) is 19.8 Å². The van der Waals surface area contributed by atoms with Crippen LogP contribution in [0.4, 0.5) is 0 Å². The Bertz CT molecular complexity index is 142. The molecule has 0 unspecified atom stereocenters. The van der Waals surface area contributed by atoms with E-state index in [0.717, 1.165) is 6.04 Å². The van der Waals surface area contributed by atoms with Gasteiger partial charge < -0.3 is 13.3 Å². The Labute approximate surface area is 88.4 Å². The standard InChI is InChI=1S/C10H22O3Si/c1-5-9-10-14(11-6-2,12-7-3)13-8-4/h5,9H,6-8,10H2,1-4H3. The fourth-order valence-corrected chi connectivity index (χ4v) is 3.67. The first-order chi connectivity index (χ1) is 6.74. The number of rotatable bonds is 8. The van der Waals surface area contributed by atoms with Crippen molar-refractivity contribution in [1.82, 2.24) is 0 Å². The topological polar surface area (TPSA) is 27.7 Å². The van der Waals surface area contributed by atoms with E-state index >= 15 is 0 Å². The van der Waals surface area contributed by atoms with E-state index in [0.29, 0.717) is 19.8 Å². The minimum absolute atomic E-state index is 0.643. The predicted octanol–water partition coefficient (Wildman–Crippen LogP) is 2.61. The molecule has 0 aromatic rings. The molecule has 84 valence electrons. The summed E-state index contributed by atoms with van der Waals surface area (Å²) in [4.78, 5) is 0. The molecule has 0 rings (SSSR count). The maximum atomic E-state index is 5.66. The van der Waals surface area contributed by atoms with Gasteiger partial charge in [0.1, 0.15) is 0 Å². The maximum absolute atomic E-state index is 5.66. The molecular weight excluding hydrogens is 196 g/mol. The largest absolute Gasteiger partial charge is 0.504 e. The first-order valence-corrected chi connectivity index (χ1v) is 7.20. The molecule has 0 aliphatic heterocycles. The Hall–Kier alpha value is -0.163. The third kappa shape index (κ3) is 4.90. The second-order valence-corrected chi connectivity index (χ2v) is 5.40. The van der Waals surface area contributed by atoms with Crippen molar-refractivity contribution < 1.29 is 13.3 Å². The Morgan fingerprint density at radius 3 is 1.64 bits per heavy atom. The second-order valence-electron chi connectivity index (χ2n) is 2.76. The van der Waals surface area contributed by atoms with Crippen LogP contribution < -0.4 is 0 Å². The molecule has 0 atom stereocenters. The highest BCUT2D eigenvalue weighted by atomic mass is 28.4. The minimum Gasteiger partial charge on any atom is -0.374 e. The number of hydrogen-bond donors (Lipinski definition) is 0. The lowest BCUT2D eigenvalue weighted by atomic mass is 10.6. The summed E-state index contributed by atoms with van der Waals surface area (Å²) in [7, 11) is -2.40. The van der Waals surface area contributed by atoms with Gasteiger partial charge in [-0.15, -0.1) is 0 Å². The molecule has 0 aliphatic rings. The van der Waals surface area contributed by atoms with E-state index in [9.17, 15) is 0 Å². The van der Waals surface area contributed by atoms with Crippen LogP contribution in [0.25, 0.3) is 0 Å². The van der Waals surface area contributed by atoms with E-state index in [-0.39, 0.29) is 0 Å². The fraction of sp³-hybridized carbons (Fsp3) is 0.800. The Balaban J connectivity index is 4.36. The zero-order valence-corrected chi connectivity index (χ0v) is 10.7. The van der Waals surface area contributed by atoms with Gasteiger partial charge in [-0.3, -0.25) is 0 Å². The van der Waals surface area contributed by atoms with Gasteiger partial charge in [0.05, 0.1) is 0 Å². The van der Waals surface area contributed by atoms with Crippen LogP contribution in [0.3, 0.4) is 0 Å². The quantitative estimate of drug-likeness (QED) is 0.463. The van der Waals surface area contributed by atoms with E-state index in [1.165, 1.54) is 0 Å². The number of allylic oxidation sites excluding steroid dienone is 2. The molecule has 0 fully saturated rings. The van der Waals surface area contributed by atoms with Gasteiger partial charge in [-0.05, 0) is 27.7 Å². The molecule has 0 aromatic carbocycles. The molecule has 14 heavy (non-hydrogen) atoms. The highest BCUT2D eigenvalue weighted by Gasteiger charge is 2.38. The first kappa shape index (κ1) is 13.8. The second kappa shape index (κ2) is 8.17. The van der Waals surface area contributed by atoms with Crippen LogP contribution in [0, 0.1) is 0 Å². The van der Waals surface area contributed by atoms with E-state index in [1.54, 1.807) is 0 Å². The number of hydrogen-bond acceptors (Lipinski definition) is 3. The van der Waals surface area contributed by atoms with Crippen LogP contribution in [-0.2, 0) is 13.3 Å². The normalized spacial score (nSPS) is 12.6. The lowest BCUT2D eigenvalue weighted by molar-refractivity contribution is 0.0742. The Morgan fingerprint density at radius 2 is 1.36 bits per heavy atom. The van der Waals surface area contributed by atoms with Crippen molar-refractivity contribution in [1.29, 1.82) is 0 Å². The minimum atomic E-state index is -2.40. The van der Waals surface area contributed by atoms with E-state index in [4.69, 9.17) is 13.3 Å². The van der Waals surface area contributed by atoms with E-state index in [2.05, 4.69) is 0 Å². The van der Waals surface area contributed by atoms with Crippen LogP contribution in [0.5, 0.6) is 0 Å². The smallest absolute Gasteiger partial charge is 0.374 e. The zero-order valence-electron chi connectivity index (χ0n) is 9.71. The van der Waals surface area contributed by atoms with Gasteiger partial charge >= 0.3 is 8.80 Å². The van der Waals surface area contributed by atoms with Crippen molar-refractivity contribution in [3.8, 4) is 0 Å². The summed E-state index contributed by atoms with van der Waals surface area (Å²) in [6.45, 7) is 9.82. The van der Waals surface area contributed by atoms with Crippen molar-refractivity contribution in [3.63, 3.8) is 0 Å². The maximum Gasteiger partial charge on any atom is 0.504 e. The van der Waals surface area contributed by atoms with Crippen molar-refractivity contribution in [3.05, 3.63) is 12.2 Å². The average molecular weight is 218 g/mol. The molecule has 0 radical (unpaired) electrons. The van der Waals surface area contributed by atoms with Crippen molar-refractivity contribution in [2.24, 2.45) is 0 Å². The summed E-state index contributed by atoms with van der Waals surface area (Å²) >= 11 is 0. The molecule has 0 spiro atoms. The van der Waals surface area contributed by atoms with Crippen LogP contribution in [0.15, 0.2) is 12.2 Å². The summed E-state index contributed by atoms with van der Waals surface area (Å²) in [6.07, 6.45) is 4.05. The molecule has 0 N–H and O–H groups in total. The summed E-state index contributed by atoms with van der Waals surface area (Å²) in [5.74, 6) is 0. The molecule has 3 nitrogen and oxygen atoms in total. The highest BCUT2D eigenvalue weighted by molar-refractivity contribution is 6.61. The van der Waals surface area contributed by atoms with Crippen LogP contribution >= 0.6 is 0 Å². The molecule has 4 heteroatoms. The molecule has 0 aromatic heterocycles. The summed E-state index contributed by atoms with van der Waals surface area (Å²) in [5, 5.41) is 0. The Morgan fingerprint density at radius 1 is 0.929 bits per heavy atom. The molecule has 0 bridgehead atoms. The molecular formula is C10H22O3Si. The molecule has 0 amide bonds. The third-order valence-corrected chi connectivity index (χ3v) is 4.62. The fourth-order valence-electron chi connectivity index (χ4n) is 1.22. The monoisotopic (exact) mass is 218 g/mol. The van der Waals surface area contributed by atoms with Crippen LogP contribution in [-0.4, -0.2) is 28.6 Å². The highest BCUT2D eigenvalue weighted by Crippen LogP contribution is 2.16. The van der Waals surface area contributed by atoms with E-state index < -0.39 is 8.80 Å². The Kier molecular flexibility index (Phi) is 8.08. The third-order valence-electron chi connectivity index (χ3n) is 1.70. The van der Waals surface area contributed by atoms with Gasteiger partial charge in [0.2, 0.25) is 0 Å². The summed E-state index contributed by atoms with van der Waals surface area (Å²) in [6, 6.07) is 0.763. The lowest BCUT2D eigenvalue weighted by Crippen LogP contribution is -2.45. The van der Waals surface area contributed by atoms with E-state index in [1.807, 2.05) is 39.8 Å². The summed E-state index contributed by atoms with van der Waals surface area (Å²) < 4.78 is 17.0.